The zero-order chi connectivity index (χ0) is 13.4. The van der Waals surface area contributed by atoms with Gasteiger partial charge >= 0.3 is 0 Å². The first-order valence-corrected chi connectivity index (χ1v) is 6.82. The predicted molar refractivity (Wildman–Crippen MR) is 74.7 cm³/mol. The zero-order valence-corrected chi connectivity index (χ0v) is 12.1. The van der Waals surface area contributed by atoms with Gasteiger partial charge in [0.1, 0.15) is 17.7 Å². The van der Waals surface area contributed by atoms with Crippen molar-refractivity contribution in [3.8, 4) is 6.07 Å². The number of fused-ring (bicyclic) bond motifs is 1. The van der Waals surface area contributed by atoms with Crippen LogP contribution in [0, 0.1) is 18.3 Å². The second-order valence-electron chi connectivity index (χ2n) is 4.47. The molecule has 0 fully saturated rings. The Morgan fingerprint density at radius 2 is 2.21 bits per heavy atom. The number of hydrogen-bond donors (Lipinski definition) is 0. The maximum Gasteiger partial charge on any atom is 0.147 e. The number of nitriles is 1. The summed E-state index contributed by atoms with van der Waals surface area (Å²) in [6.45, 7) is 4.22. The Hall–Kier alpha value is -1.87. The molecule has 0 spiro atoms. The van der Waals surface area contributed by atoms with E-state index in [9.17, 15) is 5.26 Å². The third kappa shape index (κ3) is 2.10. The Kier molecular flexibility index (Phi) is 2.99. The average molecular weight is 318 g/mol. The van der Waals surface area contributed by atoms with E-state index < -0.39 is 0 Å². The molecule has 1 aliphatic heterocycles. The summed E-state index contributed by atoms with van der Waals surface area (Å²) in [7, 11) is 0. The lowest BCUT2D eigenvalue weighted by atomic mass is 10.1. The first kappa shape index (κ1) is 12.2. The van der Waals surface area contributed by atoms with Gasteiger partial charge < -0.3 is 4.90 Å². The smallest absolute Gasteiger partial charge is 0.147 e. The molecule has 0 N–H and O–H groups in total. The van der Waals surface area contributed by atoms with Crippen molar-refractivity contribution >= 4 is 21.6 Å². The molecule has 1 aromatic heterocycles. The van der Waals surface area contributed by atoms with Crippen LogP contribution in [0.25, 0.3) is 0 Å². The van der Waals surface area contributed by atoms with Gasteiger partial charge in [-0.05, 0) is 35.0 Å². The minimum atomic E-state index is 0.673. The fourth-order valence-electron chi connectivity index (χ4n) is 2.35. The van der Waals surface area contributed by atoms with E-state index in [1.807, 2.05) is 29.8 Å². The summed E-state index contributed by atoms with van der Waals surface area (Å²) in [4.78, 5) is 6.59. The number of aromatic nitrogens is 3. The highest BCUT2D eigenvalue weighted by Gasteiger charge is 2.21. The monoisotopic (exact) mass is 317 g/mol. The van der Waals surface area contributed by atoms with Gasteiger partial charge in [0.05, 0.1) is 24.3 Å². The number of halogens is 1. The number of nitrogens with zero attached hydrogens (tertiary/aromatic N) is 5. The molecule has 0 unspecified atom stereocenters. The molecule has 0 amide bonds. The quantitative estimate of drug-likeness (QED) is 0.809. The van der Waals surface area contributed by atoms with Crippen LogP contribution in [-0.2, 0) is 13.1 Å². The Morgan fingerprint density at radius 1 is 1.37 bits per heavy atom. The van der Waals surface area contributed by atoms with Crippen LogP contribution in [0.3, 0.4) is 0 Å². The number of aryl methyl sites for hydroxylation is 1. The third-order valence-electron chi connectivity index (χ3n) is 3.21. The minimum absolute atomic E-state index is 0.673. The van der Waals surface area contributed by atoms with Gasteiger partial charge in [0.25, 0.3) is 0 Å². The topological polar surface area (TPSA) is 57.7 Å². The van der Waals surface area contributed by atoms with Crippen LogP contribution in [0.2, 0.25) is 0 Å². The molecule has 3 rings (SSSR count). The maximum atomic E-state index is 9.29. The van der Waals surface area contributed by atoms with Gasteiger partial charge in [-0.15, -0.1) is 0 Å². The number of anilines is 1. The predicted octanol–water partition coefficient (Wildman–Crippen LogP) is 2.24. The van der Waals surface area contributed by atoms with Crippen LogP contribution >= 0.6 is 15.9 Å². The van der Waals surface area contributed by atoms with Gasteiger partial charge in [0.2, 0.25) is 0 Å². The van der Waals surface area contributed by atoms with E-state index in [-0.39, 0.29) is 0 Å². The zero-order valence-electron chi connectivity index (χ0n) is 10.5. The molecular formula is C13H12BrN5. The Labute approximate surface area is 119 Å². The largest absolute Gasteiger partial charge is 0.361 e. The summed E-state index contributed by atoms with van der Waals surface area (Å²) in [5, 5.41) is 13.6. The summed E-state index contributed by atoms with van der Waals surface area (Å²) >= 11 is 3.43. The lowest BCUT2D eigenvalue weighted by Crippen LogP contribution is -2.34. The van der Waals surface area contributed by atoms with Crippen molar-refractivity contribution in [2.45, 2.75) is 20.0 Å². The summed E-state index contributed by atoms with van der Waals surface area (Å²) < 4.78 is 2.77. The van der Waals surface area contributed by atoms with E-state index >= 15 is 0 Å². The van der Waals surface area contributed by atoms with E-state index in [1.165, 1.54) is 0 Å². The normalized spacial score (nSPS) is 14.1. The van der Waals surface area contributed by atoms with E-state index in [2.05, 4.69) is 37.0 Å². The van der Waals surface area contributed by atoms with Gasteiger partial charge in [-0.1, -0.05) is 6.07 Å². The van der Waals surface area contributed by atoms with Crippen LogP contribution in [0.15, 0.2) is 22.7 Å². The molecule has 19 heavy (non-hydrogen) atoms. The molecule has 96 valence electrons. The lowest BCUT2D eigenvalue weighted by Gasteiger charge is -2.29. The SMILES string of the molecule is Cc1nc2n(n1)CCN(c1cccc(Br)c1C#N)C2. The molecule has 5 nitrogen and oxygen atoms in total. The lowest BCUT2D eigenvalue weighted by molar-refractivity contribution is 0.511. The van der Waals surface area contributed by atoms with Gasteiger partial charge in [-0.3, -0.25) is 0 Å². The van der Waals surface area contributed by atoms with Crippen LogP contribution in [-0.4, -0.2) is 21.3 Å². The first-order chi connectivity index (χ1) is 9.19. The number of hydrogen-bond acceptors (Lipinski definition) is 4. The van der Waals surface area contributed by atoms with Crippen molar-refractivity contribution in [3.63, 3.8) is 0 Å². The van der Waals surface area contributed by atoms with Crippen molar-refractivity contribution in [2.75, 3.05) is 11.4 Å². The van der Waals surface area contributed by atoms with E-state index in [1.54, 1.807) is 0 Å². The Balaban J connectivity index is 1.98. The molecule has 2 aromatic rings. The van der Waals surface area contributed by atoms with Gasteiger partial charge in [-0.25, -0.2) is 9.67 Å². The van der Waals surface area contributed by atoms with Gasteiger partial charge in [0, 0.05) is 11.0 Å². The number of rotatable bonds is 1. The van der Waals surface area contributed by atoms with E-state index in [0.29, 0.717) is 12.1 Å². The molecule has 0 saturated carbocycles. The Morgan fingerprint density at radius 3 is 3.00 bits per heavy atom. The summed E-state index contributed by atoms with van der Waals surface area (Å²) in [5.41, 5.74) is 1.62. The summed E-state index contributed by atoms with van der Waals surface area (Å²) in [6, 6.07) is 8.07. The molecule has 1 aromatic carbocycles. The van der Waals surface area contributed by atoms with Gasteiger partial charge in [0.15, 0.2) is 0 Å². The molecule has 0 saturated heterocycles. The van der Waals surface area contributed by atoms with Crippen LogP contribution in [0.5, 0.6) is 0 Å². The molecular weight excluding hydrogens is 306 g/mol. The highest BCUT2D eigenvalue weighted by Crippen LogP contribution is 2.29. The van der Waals surface area contributed by atoms with Crippen molar-refractivity contribution in [1.29, 1.82) is 5.26 Å². The van der Waals surface area contributed by atoms with Crippen molar-refractivity contribution in [2.24, 2.45) is 0 Å². The van der Waals surface area contributed by atoms with E-state index in [4.69, 9.17) is 0 Å². The first-order valence-electron chi connectivity index (χ1n) is 6.03. The van der Waals surface area contributed by atoms with Crippen molar-refractivity contribution in [3.05, 3.63) is 39.9 Å². The number of benzene rings is 1. The highest BCUT2D eigenvalue weighted by molar-refractivity contribution is 9.10. The molecule has 2 heterocycles. The van der Waals surface area contributed by atoms with Crippen LogP contribution in [0.1, 0.15) is 17.2 Å². The molecule has 0 radical (unpaired) electrons. The summed E-state index contributed by atoms with van der Waals surface area (Å²) in [6.07, 6.45) is 0. The Bertz CT molecular complexity index is 670. The highest BCUT2D eigenvalue weighted by atomic mass is 79.9. The second kappa shape index (κ2) is 4.67. The maximum absolute atomic E-state index is 9.29. The van der Waals surface area contributed by atoms with Gasteiger partial charge in [-0.2, -0.15) is 10.4 Å². The van der Waals surface area contributed by atoms with Crippen molar-refractivity contribution in [1.82, 2.24) is 14.8 Å². The molecule has 1 aliphatic rings. The molecule has 0 aliphatic carbocycles. The van der Waals surface area contributed by atoms with Crippen molar-refractivity contribution < 1.29 is 0 Å². The summed E-state index contributed by atoms with van der Waals surface area (Å²) in [5.74, 6) is 1.75. The molecule has 0 atom stereocenters. The fourth-order valence-corrected chi connectivity index (χ4v) is 2.80. The second-order valence-corrected chi connectivity index (χ2v) is 5.32. The molecule has 0 bridgehead atoms. The molecule has 6 heteroatoms. The standard InChI is InChI=1S/C13H12BrN5/c1-9-16-13-8-18(5-6-19(13)17-9)12-4-2-3-11(14)10(12)7-15/h2-4H,5-6,8H2,1H3. The fraction of sp³-hybridized carbons (Fsp3) is 0.308. The van der Waals surface area contributed by atoms with Crippen LogP contribution in [0.4, 0.5) is 5.69 Å². The third-order valence-corrected chi connectivity index (χ3v) is 3.87. The average Bonchev–Trinajstić information content (AvgIpc) is 2.77. The van der Waals surface area contributed by atoms with E-state index in [0.717, 1.165) is 34.9 Å². The van der Waals surface area contributed by atoms with Crippen LogP contribution < -0.4 is 4.90 Å². The minimum Gasteiger partial charge on any atom is -0.361 e.